The maximum atomic E-state index is 11.1. The van der Waals surface area contributed by atoms with Crippen LogP contribution in [0.2, 0.25) is 0 Å². The highest BCUT2D eigenvalue weighted by atomic mass is 79.9. The molecule has 1 aromatic carbocycles. The van der Waals surface area contributed by atoms with Gasteiger partial charge in [0.1, 0.15) is 0 Å². The van der Waals surface area contributed by atoms with E-state index in [1.54, 1.807) is 11.3 Å². The maximum absolute atomic E-state index is 11.1. The van der Waals surface area contributed by atoms with Crippen LogP contribution < -0.4 is 5.32 Å². The van der Waals surface area contributed by atoms with Crippen molar-refractivity contribution in [3.8, 4) is 10.6 Å². The summed E-state index contributed by atoms with van der Waals surface area (Å²) in [7, 11) is 0. The fourth-order valence-corrected chi connectivity index (χ4v) is 3.98. The van der Waals surface area contributed by atoms with Crippen molar-refractivity contribution in [3.05, 3.63) is 51.1 Å². The Hall–Kier alpha value is -1.70. The van der Waals surface area contributed by atoms with Crippen molar-refractivity contribution >= 4 is 55.4 Å². The second-order valence-electron chi connectivity index (χ2n) is 4.47. The largest absolute Gasteiger partial charge is 0.481 e. The van der Waals surface area contributed by atoms with Crippen molar-refractivity contribution < 1.29 is 9.90 Å². The first kappa shape index (κ1) is 15.2. The van der Waals surface area contributed by atoms with Gasteiger partial charge in [0.15, 0.2) is 5.13 Å². The van der Waals surface area contributed by atoms with Gasteiger partial charge in [-0.3, -0.25) is 4.79 Å². The van der Waals surface area contributed by atoms with E-state index in [1.807, 2.05) is 41.8 Å². The summed E-state index contributed by atoms with van der Waals surface area (Å²) in [5.41, 5.74) is 1.67. The number of nitrogens with zero attached hydrogens (tertiary/aromatic N) is 1. The van der Waals surface area contributed by atoms with Gasteiger partial charge in [0.25, 0.3) is 0 Å². The third-order valence-electron chi connectivity index (χ3n) is 2.86. The number of carboxylic acid groups (broad SMARTS) is 1. The van der Waals surface area contributed by atoms with Crippen LogP contribution in [0.1, 0.15) is 4.88 Å². The lowest BCUT2D eigenvalue weighted by atomic mass is 10.2. The number of aromatic nitrogens is 1. The number of aliphatic carboxylic acids is 1. The molecule has 0 radical (unpaired) electrons. The SMILES string of the molecule is O=C(O)Cc1sc(Nc2ccc(Br)cc2)nc1-c1cccs1. The molecule has 0 spiro atoms. The van der Waals surface area contributed by atoms with Crippen LogP contribution >= 0.6 is 38.6 Å². The van der Waals surface area contributed by atoms with Crippen LogP contribution in [0, 0.1) is 0 Å². The van der Waals surface area contributed by atoms with Gasteiger partial charge in [0, 0.05) is 15.0 Å². The molecule has 2 heterocycles. The van der Waals surface area contributed by atoms with Crippen LogP contribution in [0.5, 0.6) is 0 Å². The number of carbonyl (C=O) groups is 1. The zero-order chi connectivity index (χ0) is 15.5. The van der Waals surface area contributed by atoms with E-state index in [1.165, 1.54) is 11.3 Å². The van der Waals surface area contributed by atoms with Crippen LogP contribution in [-0.2, 0) is 11.2 Å². The molecular formula is C15H11BrN2O2S2. The summed E-state index contributed by atoms with van der Waals surface area (Å²) in [5.74, 6) is -0.850. The second kappa shape index (κ2) is 6.60. The Labute approximate surface area is 143 Å². The smallest absolute Gasteiger partial charge is 0.308 e. The van der Waals surface area contributed by atoms with Crippen molar-refractivity contribution in [2.24, 2.45) is 0 Å². The molecule has 3 aromatic rings. The minimum atomic E-state index is -0.850. The predicted molar refractivity (Wildman–Crippen MR) is 94.2 cm³/mol. The third-order valence-corrected chi connectivity index (χ3v) is 5.24. The Balaban J connectivity index is 1.92. The Morgan fingerprint density at radius 2 is 2.05 bits per heavy atom. The summed E-state index contributed by atoms with van der Waals surface area (Å²) < 4.78 is 1.00. The molecule has 0 bridgehead atoms. The molecule has 0 atom stereocenters. The Kier molecular flexibility index (Phi) is 4.56. The quantitative estimate of drug-likeness (QED) is 0.638. The number of halogens is 1. The van der Waals surface area contributed by atoms with E-state index in [0.717, 1.165) is 25.6 Å². The van der Waals surface area contributed by atoms with Gasteiger partial charge in [-0.15, -0.1) is 22.7 Å². The molecule has 112 valence electrons. The molecule has 0 amide bonds. The van der Waals surface area contributed by atoms with Gasteiger partial charge in [-0.1, -0.05) is 22.0 Å². The summed E-state index contributed by atoms with van der Waals surface area (Å²) in [6.45, 7) is 0. The molecule has 2 aromatic heterocycles. The summed E-state index contributed by atoms with van der Waals surface area (Å²) in [6, 6.07) is 11.6. The highest BCUT2D eigenvalue weighted by molar-refractivity contribution is 9.10. The molecule has 7 heteroatoms. The van der Waals surface area contributed by atoms with E-state index in [-0.39, 0.29) is 6.42 Å². The van der Waals surface area contributed by atoms with E-state index in [2.05, 4.69) is 26.2 Å². The summed E-state index contributed by atoms with van der Waals surface area (Å²) in [5, 5.41) is 15.0. The lowest BCUT2D eigenvalue weighted by Gasteiger charge is -2.01. The van der Waals surface area contributed by atoms with Crippen molar-refractivity contribution in [1.82, 2.24) is 4.98 Å². The zero-order valence-electron chi connectivity index (χ0n) is 11.2. The Morgan fingerprint density at radius 3 is 2.68 bits per heavy atom. The first-order chi connectivity index (χ1) is 10.6. The molecule has 0 aliphatic heterocycles. The van der Waals surface area contributed by atoms with E-state index < -0.39 is 5.97 Å². The summed E-state index contributed by atoms with van der Waals surface area (Å²) in [4.78, 5) is 17.4. The first-order valence-corrected chi connectivity index (χ1v) is 8.88. The van der Waals surface area contributed by atoms with Gasteiger partial charge in [-0.2, -0.15) is 0 Å². The standard InChI is InChI=1S/C15H11BrN2O2S2/c16-9-3-5-10(6-4-9)17-15-18-14(11-2-1-7-21-11)12(22-15)8-13(19)20/h1-7H,8H2,(H,17,18)(H,19,20). The minimum Gasteiger partial charge on any atom is -0.481 e. The fourth-order valence-electron chi connectivity index (χ4n) is 1.92. The van der Waals surface area contributed by atoms with E-state index in [4.69, 9.17) is 5.11 Å². The highest BCUT2D eigenvalue weighted by Gasteiger charge is 2.16. The number of nitrogens with one attached hydrogen (secondary N) is 1. The van der Waals surface area contributed by atoms with Gasteiger partial charge in [-0.25, -0.2) is 4.98 Å². The molecule has 4 nitrogen and oxygen atoms in total. The van der Waals surface area contributed by atoms with Crippen molar-refractivity contribution in [3.63, 3.8) is 0 Å². The van der Waals surface area contributed by atoms with Gasteiger partial charge in [0.2, 0.25) is 0 Å². The Morgan fingerprint density at radius 1 is 1.27 bits per heavy atom. The molecule has 0 unspecified atom stereocenters. The molecular weight excluding hydrogens is 384 g/mol. The molecule has 0 aliphatic rings. The van der Waals surface area contributed by atoms with Crippen LogP contribution in [0.25, 0.3) is 10.6 Å². The molecule has 3 rings (SSSR count). The number of anilines is 2. The number of hydrogen-bond donors (Lipinski definition) is 2. The molecule has 0 saturated heterocycles. The summed E-state index contributed by atoms with van der Waals surface area (Å²) >= 11 is 6.33. The lowest BCUT2D eigenvalue weighted by Crippen LogP contribution is -1.98. The van der Waals surface area contributed by atoms with E-state index in [0.29, 0.717) is 5.13 Å². The average molecular weight is 395 g/mol. The number of thiazole rings is 1. The number of benzene rings is 1. The number of carboxylic acids is 1. The van der Waals surface area contributed by atoms with Crippen LogP contribution in [0.4, 0.5) is 10.8 Å². The monoisotopic (exact) mass is 394 g/mol. The summed E-state index contributed by atoms with van der Waals surface area (Å²) in [6.07, 6.45) is -0.0209. The van der Waals surface area contributed by atoms with E-state index >= 15 is 0 Å². The van der Waals surface area contributed by atoms with Gasteiger partial charge < -0.3 is 10.4 Å². The third kappa shape index (κ3) is 3.55. The zero-order valence-corrected chi connectivity index (χ0v) is 14.5. The molecule has 0 fully saturated rings. The average Bonchev–Trinajstić information content (AvgIpc) is 3.10. The van der Waals surface area contributed by atoms with Crippen LogP contribution in [-0.4, -0.2) is 16.1 Å². The molecule has 22 heavy (non-hydrogen) atoms. The topological polar surface area (TPSA) is 62.2 Å². The molecule has 0 aliphatic carbocycles. The lowest BCUT2D eigenvalue weighted by molar-refractivity contribution is -0.136. The number of thiophene rings is 1. The van der Waals surface area contributed by atoms with Crippen LogP contribution in [0.15, 0.2) is 46.3 Å². The van der Waals surface area contributed by atoms with Crippen molar-refractivity contribution in [1.29, 1.82) is 0 Å². The second-order valence-corrected chi connectivity index (χ2v) is 7.42. The molecule has 2 N–H and O–H groups in total. The Bertz CT molecular complexity index is 782. The van der Waals surface area contributed by atoms with Gasteiger partial charge in [-0.05, 0) is 35.7 Å². The van der Waals surface area contributed by atoms with Crippen molar-refractivity contribution in [2.75, 3.05) is 5.32 Å². The van der Waals surface area contributed by atoms with Gasteiger partial charge >= 0.3 is 5.97 Å². The van der Waals surface area contributed by atoms with Crippen molar-refractivity contribution in [2.45, 2.75) is 6.42 Å². The van der Waals surface area contributed by atoms with Crippen LogP contribution in [0.3, 0.4) is 0 Å². The van der Waals surface area contributed by atoms with Gasteiger partial charge in [0.05, 0.1) is 17.0 Å². The number of hydrogen-bond acceptors (Lipinski definition) is 5. The maximum Gasteiger partial charge on any atom is 0.308 e. The fraction of sp³-hybridized carbons (Fsp3) is 0.0667. The molecule has 0 saturated carbocycles. The number of rotatable bonds is 5. The van der Waals surface area contributed by atoms with E-state index in [9.17, 15) is 4.79 Å². The predicted octanol–water partition coefficient (Wildman–Crippen LogP) is 5.00. The minimum absolute atomic E-state index is 0.0209. The normalized spacial score (nSPS) is 10.6. The highest BCUT2D eigenvalue weighted by Crippen LogP contribution is 2.35. The first-order valence-electron chi connectivity index (χ1n) is 6.40.